The van der Waals surface area contributed by atoms with E-state index in [4.69, 9.17) is 14.6 Å². The third kappa shape index (κ3) is 4.67. The minimum Gasteiger partial charge on any atom is -0.489 e. The largest absolute Gasteiger partial charge is 0.489 e. The monoisotopic (exact) mass is 428 g/mol. The molecule has 0 radical (unpaired) electrons. The van der Waals surface area contributed by atoms with Crippen molar-refractivity contribution >= 4 is 16.9 Å². The molecule has 4 aromatic rings. The Bertz CT molecular complexity index is 1200. The van der Waals surface area contributed by atoms with Crippen LogP contribution >= 0.6 is 0 Å². The highest BCUT2D eigenvalue weighted by atomic mass is 16.5. The van der Waals surface area contributed by atoms with Gasteiger partial charge in [0.2, 0.25) is 0 Å². The Hall–Kier alpha value is -3.60. The van der Waals surface area contributed by atoms with Gasteiger partial charge >= 0.3 is 5.97 Å². The summed E-state index contributed by atoms with van der Waals surface area (Å²) in [6, 6.07) is 24.6. The SMILES string of the molecule is CCn1nc(-c2ccccc2)c2ccc(COc3ccc(C(C)CC(=O)OC)cc3)cc21. The fourth-order valence-electron chi connectivity index (χ4n) is 3.87. The van der Waals surface area contributed by atoms with Gasteiger partial charge in [0, 0.05) is 17.5 Å². The number of nitrogens with zero attached hydrogens (tertiary/aromatic N) is 2. The van der Waals surface area contributed by atoms with Crippen molar-refractivity contribution in [3.8, 4) is 17.0 Å². The number of esters is 1. The number of carbonyl (C=O) groups excluding carboxylic acids is 1. The van der Waals surface area contributed by atoms with Gasteiger partial charge in [0.25, 0.3) is 0 Å². The minimum absolute atomic E-state index is 0.104. The zero-order valence-electron chi connectivity index (χ0n) is 18.7. The summed E-state index contributed by atoms with van der Waals surface area (Å²) in [6.07, 6.45) is 0.368. The molecule has 1 unspecified atom stereocenters. The number of ether oxygens (including phenoxy) is 2. The molecule has 4 rings (SSSR count). The van der Waals surface area contributed by atoms with Crippen molar-refractivity contribution in [2.45, 2.75) is 39.3 Å². The number of aryl methyl sites for hydroxylation is 1. The molecule has 0 aliphatic heterocycles. The van der Waals surface area contributed by atoms with Gasteiger partial charge in [-0.05, 0) is 42.2 Å². The highest BCUT2D eigenvalue weighted by Gasteiger charge is 2.13. The maximum atomic E-state index is 11.5. The van der Waals surface area contributed by atoms with Gasteiger partial charge in [0.1, 0.15) is 18.1 Å². The van der Waals surface area contributed by atoms with Crippen LogP contribution in [0.5, 0.6) is 5.75 Å². The normalized spacial score (nSPS) is 12.0. The second-order valence-corrected chi connectivity index (χ2v) is 7.92. The molecule has 0 amide bonds. The Morgan fingerprint density at radius 1 is 1.03 bits per heavy atom. The van der Waals surface area contributed by atoms with Gasteiger partial charge in [0.05, 0.1) is 19.0 Å². The van der Waals surface area contributed by atoms with E-state index in [9.17, 15) is 4.79 Å². The molecule has 5 heteroatoms. The zero-order valence-corrected chi connectivity index (χ0v) is 18.7. The smallest absolute Gasteiger partial charge is 0.306 e. The Labute approximate surface area is 188 Å². The van der Waals surface area contributed by atoms with Crippen molar-refractivity contribution in [3.63, 3.8) is 0 Å². The molecule has 0 aliphatic rings. The molecule has 0 saturated heterocycles. The van der Waals surface area contributed by atoms with Gasteiger partial charge < -0.3 is 9.47 Å². The summed E-state index contributed by atoms with van der Waals surface area (Å²) in [7, 11) is 1.42. The highest BCUT2D eigenvalue weighted by molar-refractivity contribution is 5.93. The second-order valence-electron chi connectivity index (χ2n) is 7.92. The first-order valence-corrected chi connectivity index (χ1v) is 10.9. The van der Waals surface area contributed by atoms with Crippen LogP contribution in [0.2, 0.25) is 0 Å². The molecule has 5 nitrogen and oxygen atoms in total. The average molecular weight is 429 g/mol. The Kier molecular flexibility index (Phi) is 6.55. The summed E-state index contributed by atoms with van der Waals surface area (Å²) in [5, 5.41) is 5.98. The van der Waals surface area contributed by atoms with Crippen LogP contribution in [0.15, 0.2) is 72.8 Å². The molecule has 0 bridgehead atoms. The van der Waals surface area contributed by atoms with Crippen molar-refractivity contribution in [3.05, 3.63) is 83.9 Å². The first kappa shape index (κ1) is 21.6. The quantitative estimate of drug-likeness (QED) is 0.325. The number of fused-ring (bicyclic) bond motifs is 1. The van der Waals surface area contributed by atoms with Crippen molar-refractivity contribution in [1.82, 2.24) is 9.78 Å². The van der Waals surface area contributed by atoms with Gasteiger partial charge in [-0.25, -0.2) is 0 Å². The molecule has 0 saturated carbocycles. The standard InChI is InChI=1S/C27H28N2O3/c1-4-29-25-17-20(10-15-24(25)27(28-29)22-8-6-5-7-9-22)18-32-23-13-11-21(12-14-23)19(2)16-26(30)31-3/h5-15,17,19H,4,16,18H2,1-3H3. The third-order valence-corrected chi connectivity index (χ3v) is 5.72. The average Bonchev–Trinajstić information content (AvgIpc) is 3.21. The van der Waals surface area contributed by atoms with Gasteiger partial charge in [-0.1, -0.05) is 61.5 Å². The Morgan fingerprint density at radius 2 is 1.78 bits per heavy atom. The van der Waals surface area contributed by atoms with E-state index in [1.807, 2.05) is 54.1 Å². The number of hydrogen-bond acceptors (Lipinski definition) is 4. The number of methoxy groups -OCH3 is 1. The van der Waals surface area contributed by atoms with E-state index in [1.165, 1.54) is 7.11 Å². The van der Waals surface area contributed by atoms with E-state index in [1.54, 1.807) is 0 Å². The predicted octanol–water partition coefficient (Wildman–Crippen LogP) is 5.97. The number of benzene rings is 3. The molecular formula is C27H28N2O3. The van der Waals surface area contributed by atoms with E-state index in [-0.39, 0.29) is 11.9 Å². The Morgan fingerprint density at radius 3 is 2.47 bits per heavy atom. The van der Waals surface area contributed by atoms with Gasteiger partial charge in [-0.2, -0.15) is 5.10 Å². The first-order chi connectivity index (χ1) is 15.6. The topological polar surface area (TPSA) is 53.4 Å². The minimum atomic E-state index is -0.199. The lowest BCUT2D eigenvalue weighted by Crippen LogP contribution is -2.06. The van der Waals surface area contributed by atoms with Crippen molar-refractivity contribution < 1.29 is 14.3 Å². The van der Waals surface area contributed by atoms with Gasteiger partial charge in [-0.15, -0.1) is 0 Å². The lowest BCUT2D eigenvalue weighted by molar-refractivity contribution is -0.140. The third-order valence-electron chi connectivity index (χ3n) is 5.72. The van der Waals surface area contributed by atoms with Crippen LogP contribution in [0.25, 0.3) is 22.2 Å². The fraction of sp³-hybridized carbons (Fsp3) is 0.259. The second kappa shape index (κ2) is 9.69. The summed E-state index contributed by atoms with van der Waals surface area (Å²) in [4.78, 5) is 11.5. The van der Waals surface area contributed by atoms with Gasteiger partial charge in [0.15, 0.2) is 0 Å². The zero-order chi connectivity index (χ0) is 22.5. The number of aromatic nitrogens is 2. The van der Waals surface area contributed by atoms with E-state index < -0.39 is 0 Å². The summed E-state index contributed by atoms with van der Waals surface area (Å²) in [5.74, 6) is 0.704. The Balaban J connectivity index is 1.48. The molecule has 0 fully saturated rings. The summed E-state index contributed by atoms with van der Waals surface area (Å²) >= 11 is 0. The summed E-state index contributed by atoms with van der Waals surface area (Å²) in [6.45, 7) is 5.40. The molecule has 1 aromatic heterocycles. The molecule has 1 heterocycles. The molecule has 0 N–H and O–H groups in total. The van der Waals surface area contributed by atoms with Crippen LogP contribution in [-0.2, 0) is 22.7 Å². The van der Waals surface area contributed by atoms with Crippen LogP contribution in [0.1, 0.15) is 37.3 Å². The lowest BCUT2D eigenvalue weighted by atomic mass is 9.98. The fourth-order valence-corrected chi connectivity index (χ4v) is 3.87. The molecule has 0 spiro atoms. The first-order valence-electron chi connectivity index (χ1n) is 10.9. The van der Waals surface area contributed by atoms with Crippen molar-refractivity contribution in [1.29, 1.82) is 0 Å². The maximum absolute atomic E-state index is 11.5. The van der Waals surface area contributed by atoms with E-state index in [2.05, 4.69) is 37.3 Å². The number of carbonyl (C=O) groups is 1. The van der Waals surface area contributed by atoms with Crippen LogP contribution in [0, 0.1) is 0 Å². The number of hydrogen-bond donors (Lipinski definition) is 0. The molecule has 164 valence electrons. The molecule has 1 atom stereocenters. The van der Waals surface area contributed by atoms with E-state index >= 15 is 0 Å². The maximum Gasteiger partial charge on any atom is 0.306 e. The lowest BCUT2D eigenvalue weighted by Gasteiger charge is -2.12. The molecule has 32 heavy (non-hydrogen) atoms. The van der Waals surface area contributed by atoms with Crippen molar-refractivity contribution in [2.75, 3.05) is 7.11 Å². The summed E-state index contributed by atoms with van der Waals surface area (Å²) < 4.78 is 12.8. The van der Waals surface area contributed by atoms with Crippen LogP contribution in [0.4, 0.5) is 0 Å². The van der Waals surface area contributed by atoms with Crippen LogP contribution < -0.4 is 4.74 Å². The van der Waals surface area contributed by atoms with Crippen LogP contribution in [-0.4, -0.2) is 22.9 Å². The van der Waals surface area contributed by atoms with Crippen LogP contribution in [0.3, 0.4) is 0 Å². The summed E-state index contributed by atoms with van der Waals surface area (Å²) in [5.41, 5.74) is 5.42. The highest BCUT2D eigenvalue weighted by Crippen LogP contribution is 2.29. The predicted molar refractivity (Wildman–Crippen MR) is 127 cm³/mol. The molecule has 3 aromatic carbocycles. The van der Waals surface area contributed by atoms with E-state index in [0.29, 0.717) is 13.0 Å². The van der Waals surface area contributed by atoms with E-state index in [0.717, 1.165) is 45.6 Å². The number of rotatable bonds is 8. The van der Waals surface area contributed by atoms with Gasteiger partial charge in [-0.3, -0.25) is 9.48 Å². The molecular weight excluding hydrogens is 400 g/mol. The molecule has 0 aliphatic carbocycles. The van der Waals surface area contributed by atoms with Crippen molar-refractivity contribution in [2.24, 2.45) is 0 Å².